The Hall–Kier alpha value is -1.33. The number of hydrogen-bond acceptors (Lipinski definition) is 3. The zero-order chi connectivity index (χ0) is 15.8. The summed E-state index contributed by atoms with van der Waals surface area (Å²) in [6.07, 6.45) is 1.92. The fourth-order valence-corrected chi connectivity index (χ4v) is 2.39. The standard InChI is InChI=1S/C15H24ClN5/c1-10-14(16)13(20(6)19-10)9-21-11(2)12(8-18-21)7-17-15(3,4)5/h8,17H,7,9H2,1-6H3. The van der Waals surface area contributed by atoms with E-state index in [1.807, 2.05) is 29.5 Å². The van der Waals surface area contributed by atoms with Crippen LogP contribution in [0.4, 0.5) is 0 Å². The number of nitrogens with zero attached hydrogens (tertiary/aromatic N) is 4. The van der Waals surface area contributed by atoms with E-state index in [0.29, 0.717) is 6.54 Å². The lowest BCUT2D eigenvalue weighted by atomic mass is 10.1. The van der Waals surface area contributed by atoms with Gasteiger partial charge < -0.3 is 5.32 Å². The second-order valence-electron chi connectivity index (χ2n) is 6.49. The first-order chi connectivity index (χ1) is 9.69. The maximum absolute atomic E-state index is 6.31. The quantitative estimate of drug-likeness (QED) is 0.944. The van der Waals surface area contributed by atoms with Crippen LogP contribution in [0.15, 0.2) is 6.20 Å². The molecule has 0 unspecified atom stereocenters. The third kappa shape index (κ3) is 3.66. The molecule has 2 aromatic rings. The van der Waals surface area contributed by atoms with Crippen LogP contribution >= 0.6 is 11.6 Å². The average Bonchev–Trinajstić information content (AvgIpc) is 2.83. The molecule has 2 aromatic heterocycles. The predicted octanol–water partition coefficient (Wildman–Crippen LogP) is 2.82. The van der Waals surface area contributed by atoms with Crippen molar-refractivity contribution < 1.29 is 0 Å². The molecule has 0 aliphatic rings. The highest BCUT2D eigenvalue weighted by Gasteiger charge is 2.15. The summed E-state index contributed by atoms with van der Waals surface area (Å²) in [5.74, 6) is 0. The van der Waals surface area contributed by atoms with Gasteiger partial charge in [0.1, 0.15) is 0 Å². The minimum absolute atomic E-state index is 0.0942. The maximum Gasteiger partial charge on any atom is 0.0866 e. The third-order valence-electron chi connectivity index (χ3n) is 3.58. The van der Waals surface area contributed by atoms with Crippen molar-refractivity contribution in [1.82, 2.24) is 24.9 Å². The van der Waals surface area contributed by atoms with Gasteiger partial charge in [0.2, 0.25) is 0 Å². The van der Waals surface area contributed by atoms with E-state index in [1.54, 1.807) is 0 Å². The van der Waals surface area contributed by atoms with Crippen LogP contribution in [-0.2, 0) is 20.1 Å². The lowest BCUT2D eigenvalue weighted by molar-refractivity contribution is 0.423. The molecule has 0 fully saturated rings. The molecule has 0 amide bonds. The highest BCUT2D eigenvalue weighted by Crippen LogP contribution is 2.21. The summed E-state index contributed by atoms with van der Waals surface area (Å²) in [7, 11) is 1.91. The Labute approximate surface area is 131 Å². The van der Waals surface area contributed by atoms with E-state index in [4.69, 9.17) is 11.6 Å². The van der Waals surface area contributed by atoms with Crippen LogP contribution in [-0.4, -0.2) is 25.1 Å². The normalized spacial score (nSPS) is 12.1. The van der Waals surface area contributed by atoms with Crippen molar-refractivity contribution in [2.75, 3.05) is 0 Å². The number of rotatable bonds is 4. The zero-order valence-electron chi connectivity index (χ0n) is 13.7. The molecular formula is C15H24ClN5. The highest BCUT2D eigenvalue weighted by atomic mass is 35.5. The van der Waals surface area contributed by atoms with Gasteiger partial charge in [-0.2, -0.15) is 10.2 Å². The van der Waals surface area contributed by atoms with E-state index in [1.165, 1.54) is 5.56 Å². The summed E-state index contributed by atoms with van der Waals surface area (Å²) in [5.41, 5.74) is 4.29. The smallest absolute Gasteiger partial charge is 0.0866 e. The molecule has 2 rings (SSSR count). The topological polar surface area (TPSA) is 47.7 Å². The number of aryl methyl sites for hydroxylation is 2. The molecule has 0 atom stereocenters. The lowest BCUT2D eigenvalue weighted by Crippen LogP contribution is -2.35. The van der Waals surface area contributed by atoms with Gasteiger partial charge in [-0.1, -0.05) is 11.6 Å². The van der Waals surface area contributed by atoms with Gasteiger partial charge in [-0.3, -0.25) is 9.36 Å². The number of halogens is 1. The van der Waals surface area contributed by atoms with E-state index in [-0.39, 0.29) is 5.54 Å². The second-order valence-corrected chi connectivity index (χ2v) is 6.86. The van der Waals surface area contributed by atoms with E-state index in [2.05, 4.69) is 43.2 Å². The SMILES string of the molecule is Cc1nn(C)c(Cn2ncc(CNC(C)(C)C)c2C)c1Cl. The first-order valence-corrected chi connectivity index (χ1v) is 7.51. The minimum Gasteiger partial charge on any atom is -0.308 e. The molecule has 0 radical (unpaired) electrons. The summed E-state index contributed by atoms with van der Waals surface area (Å²) < 4.78 is 3.80. The molecule has 0 aromatic carbocycles. The molecule has 0 bridgehead atoms. The largest absolute Gasteiger partial charge is 0.308 e. The van der Waals surface area contributed by atoms with Crippen molar-refractivity contribution in [2.24, 2.45) is 7.05 Å². The Balaban J connectivity index is 2.17. The second kappa shape index (κ2) is 5.81. The molecule has 5 nitrogen and oxygen atoms in total. The summed E-state index contributed by atoms with van der Waals surface area (Å²) in [4.78, 5) is 0. The molecule has 0 saturated heterocycles. The van der Waals surface area contributed by atoms with Gasteiger partial charge in [-0.15, -0.1) is 0 Å². The number of nitrogens with one attached hydrogen (secondary N) is 1. The van der Waals surface area contributed by atoms with E-state index >= 15 is 0 Å². The van der Waals surface area contributed by atoms with Crippen LogP contribution in [0.5, 0.6) is 0 Å². The van der Waals surface area contributed by atoms with Crippen LogP contribution in [0.3, 0.4) is 0 Å². The minimum atomic E-state index is 0.0942. The highest BCUT2D eigenvalue weighted by molar-refractivity contribution is 6.31. The van der Waals surface area contributed by atoms with Gasteiger partial charge in [0, 0.05) is 30.4 Å². The van der Waals surface area contributed by atoms with Crippen molar-refractivity contribution in [3.8, 4) is 0 Å². The summed E-state index contributed by atoms with van der Waals surface area (Å²) in [6.45, 7) is 11.9. The van der Waals surface area contributed by atoms with E-state index < -0.39 is 0 Å². The third-order valence-corrected chi connectivity index (χ3v) is 4.07. The fraction of sp³-hybridized carbons (Fsp3) is 0.600. The molecule has 0 aliphatic heterocycles. The molecule has 116 valence electrons. The van der Waals surface area contributed by atoms with Crippen LogP contribution in [0.2, 0.25) is 5.02 Å². The van der Waals surface area contributed by atoms with Crippen molar-refractivity contribution in [2.45, 2.75) is 53.2 Å². The summed E-state index contributed by atoms with van der Waals surface area (Å²) in [5, 5.41) is 13.0. The Bertz CT molecular complexity index is 633. The first kappa shape index (κ1) is 16.0. The van der Waals surface area contributed by atoms with Gasteiger partial charge in [0.25, 0.3) is 0 Å². The van der Waals surface area contributed by atoms with Crippen LogP contribution in [0.25, 0.3) is 0 Å². The average molecular weight is 310 g/mol. The Morgan fingerprint density at radius 2 is 1.95 bits per heavy atom. The molecule has 0 aliphatic carbocycles. The number of aromatic nitrogens is 4. The van der Waals surface area contributed by atoms with E-state index in [0.717, 1.165) is 28.6 Å². The van der Waals surface area contributed by atoms with Gasteiger partial charge in [0.15, 0.2) is 0 Å². The Kier molecular flexibility index (Phi) is 4.44. The van der Waals surface area contributed by atoms with Gasteiger partial charge >= 0.3 is 0 Å². The lowest BCUT2D eigenvalue weighted by Gasteiger charge is -2.20. The summed E-state index contributed by atoms with van der Waals surface area (Å²) >= 11 is 6.31. The van der Waals surface area contributed by atoms with Crippen molar-refractivity contribution in [1.29, 1.82) is 0 Å². The first-order valence-electron chi connectivity index (χ1n) is 7.13. The van der Waals surface area contributed by atoms with Crippen molar-refractivity contribution >= 4 is 11.6 Å². The maximum atomic E-state index is 6.31. The monoisotopic (exact) mass is 309 g/mol. The fourth-order valence-electron chi connectivity index (χ4n) is 2.17. The van der Waals surface area contributed by atoms with Crippen molar-refractivity contribution in [3.05, 3.63) is 33.9 Å². The summed E-state index contributed by atoms with van der Waals surface area (Å²) in [6, 6.07) is 0. The molecule has 2 heterocycles. The predicted molar refractivity (Wildman–Crippen MR) is 85.6 cm³/mol. The zero-order valence-corrected chi connectivity index (χ0v) is 14.4. The molecule has 6 heteroatoms. The molecular weight excluding hydrogens is 286 g/mol. The van der Waals surface area contributed by atoms with Crippen molar-refractivity contribution in [3.63, 3.8) is 0 Å². The molecule has 0 spiro atoms. The van der Waals surface area contributed by atoms with Crippen LogP contribution in [0, 0.1) is 13.8 Å². The van der Waals surface area contributed by atoms with Gasteiger partial charge in [-0.05, 0) is 34.6 Å². The van der Waals surface area contributed by atoms with Gasteiger partial charge in [-0.25, -0.2) is 0 Å². The number of hydrogen-bond donors (Lipinski definition) is 1. The Morgan fingerprint density at radius 3 is 2.48 bits per heavy atom. The van der Waals surface area contributed by atoms with Crippen LogP contribution < -0.4 is 5.32 Å². The van der Waals surface area contributed by atoms with Crippen LogP contribution in [0.1, 0.15) is 43.4 Å². The van der Waals surface area contributed by atoms with E-state index in [9.17, 15) is 0 Å². The molecule has 1 N–H and O–H groups in total. The molecule has 21 heavy (non-hydrogen) atoms. The Morgan fingerprint density at radius 1 is 1.29 bits per heavy atom. The molecule has 0 saturated carbocycles. The van der Waals surface area contributed by atoms with Gasteiger partial charge in [0.05, 0.1) is 29.2 Å².